The van der Waals surface area contributed by atoms with E-state index in [1.807, 2.05) is 0 Å². The fourth-order valence-corrected chi connectivity index (χ4v) is 2.28. The quantitative estimate of drug-likeness (QED) is 0.807. The van der Waals surface area contributed by atoms with E-state index >= 15 is 0 Å². The summed E-state index contributed by atoms with van der Waals surface area (Å²) in [6.45, 7) is 4.60. The van der Waals surface area contributed by atoms with Crippen LogP contribution in [-0.4, -0.2) is 20.6 Å². The van der Waals surface area contributed by atoms with Crippen LogP contribution in [0.3, 0.4) is 0 Å². The molecule has 0 saturated heterocycles. The summed E-state index contributed by atoms with van der Waals surface area (Å²) in [4.78, 5) is 2.16. The molecular formula is C16H20N2. The molecule has 0 aliphatic rings. The molecule has 0 fully saturated rings. The summed E-state index contributed by atoms with van der Waals surface area (Å²) in [5.74, 6) is 0. The summed E-state index contributed by atoms with van der Waals surface area (Å²) in [6.07, 6.45) is 2.76. The first-order valence-corrected chi connectivity index (χ1v) is 6.26. The van der Waals surface area contributed by atoms with E-state index in [2.05, 4.69) is 67.3 Å². The van der Waals surface area contributed by atoms with Crippen molar-refractivity contribution in [3.63, 3.8) is 0 Å². The number of fused-ring (bicyclic) bond motifs is 1. The third-order valence-electron chi connectivity index (χ3n) is 3.15. The Morgan fingerprint density at radius 2 is 1.83 bits per heavy atom. The van der Waals surface area contributed by atoms with Crippen molar-refractivity contribution in [2.24, 2.45) is 0 Å². The van der Waals surface area contributed by atoms with Crippen molar-refractivity contribution in [2.45, 2.75) is 6.42 Å². The van der Waals surface area contributed by atoms with E-state index in [4.69, 9.17) is 0 Å². The van der Waals surface area contributed by atoms with Gasteiger partial charge in [0.05, 0.1) is 0 Å². The minimum atomic E-state index is 0.925. The molecule has 1 N–H and O–H groups in total. The Hall–Kier alpha value is -1.96. The highest BCUT2D eigenvalue weighted by Crippen LogP contribution is 2.27. The average Bonchev–Trinajstić information content (AvgIpc) is 2.38. The molecule has 18 heavy (non-hydrogen) atoms. The van der Waals surface area contributed by atoms with Crippen LogP contribution < -0.4 is 10.2 Å². The van der Waals surface area contributed by atoms with Gasteiger partial charge in [-0.2, -0.15) is 0 Å². The minimum Gasteiger partial charge on any atom is -0.391 e. The second kappa shape index (κ2) is 5.58. The number of hydrogen-bond acceptors (Lipinski definition) is 2. The fourth-order valence-electron chi connectivity index (χ4n) is 2.28. The van der Waals surface area contributed by atoms with Crippen LogP contribution in [0, 0.1) is 0 Å². The first-order chi connectivity index (χ1) is 8.74. The first kappa shape index (κ1) is 12.5. The van der Waals surface area contributed by atoms with Crippen molar-refractivity contribution in [1.82, 2.24) is 5.32 Å². The Bertz CT molecular complexity index is 544. The molecule has 2 aromatic rings. The number of hydrogen-bond donors (Lipinski definition) is 1. The highest BCUT2D eigenvalue weighted by atomic mass is 15.1. The number of nitrogens with zero attached hydrogens (tertiary/aromatic N) is 1. The Kier molecular flexibility index (Phi) is 3.88. The zero-order chi connectivity index (χ0) is 13.0. The third-order valence-corrected chi connectivity index (χ3v) is 3.15. The maximum absolute atomic E-state index is 3.67. The Labute approximate surface area is 109 Å². The molecule has 2 nitrogen and oxygen atoms in total. The van der Waals surface area contributed by atoms with E-state index in [0.717, 1.165) is 13.0 Å². The van der Waals surface area contributed by atoms with E-state index in [9.17, 15) is 0 Å². The lowest BCUT2D eigenvalue weighted by atomic mass is 10.0. The molecule has 2 aromatic carbocycles. The Balaban J connectivity index is 2.43. The predicted octanol–water partition coefficient (Wildman–Crippen LogP) is 3.18. The van der Waals surface area contributed by atoms with Gasteiger partial charge in [-0.05, 0) is 29.6 Å². The van der Waals surface area contributed by atoms with Gasteiger partial charge in [0.15, 0.2) is 0 Å². The molecule has 0 unspecified atom stereocenters. The second-order valence-corrected chi connectivity index (χ2v) is 4.59. The summed E-state index contributed by atoms with van der Waals surface area (Å²) in [6, 6.07) is 13.0. The van der Waals surface area contributed by atoms with Gasteiger partial charge in [-0.15, -0.1) is 0 Å². The van der Waals surface area contributed by atoms with Gasteiger partial charge in [0.1, 0.15) is 0 Å². The largest absolute Gasteiger partial charge is 0.391 e. The van der Waals surface area contributed by atoms with Gasteiger partial charge in [0.2, 0.25) is 0 Å². The topological polar surface area (TPSA) is 15.3 Å². The summed E-state index contributed by atoms with van der Waals surface area (Å²) < 4.78 is 0. The lowest BCUT2D eigenvalue weighted by Gasteiger charge is -2.16. The van der Waals surface area contributed by atoms with Gasteiger partial charge in [-0.3, -0.25) is 0 Å². The van der Waals surface area contributed by atoms with Crippen molar-refractivity contribution < 1.29 is 0 Å². The molecule has 94 valence electrons. The second-order valence-electron chi connectivity index (χ2n) is 4.59. The van der Waals surface area contributed by atoms with Crippen LogP contribution in [0.2, 0.25) is 0 Å². The van der Waals surface area contributed by atoms with E-state index in [-0.39, 0.29) is 0 Å². The van der Waals surface area contributed by atoms with Crippen molar-refractivity contribution in [3.05, 3.63) is 54.7 Å². The zero-order valence-corrected chi connectivity index (χ0v) is 11.1. The van der Waals surface area contributed by atoms with E-state index < -0.39 is 0 Å². The van der Waals surface area contributed by atoms with E-state index in [1.165, 1.54) is 22.0 Å². The van der Waals surface area contributed by atoms with Crippen molar-refractivity contribution in [3.8, 4) is 0 Å². The van der Waals surface area contributed by atoms with Crippen LogP contribution in [0.1, 0.15) is 5.56 Å². The van der Waals surface area contributed by atoms with Crippen LogP contribution in [-0.2, 0) is 6.42 Å². The molecule has 0 bridgehead atoms. The van der Waals surface area contributed by atoms with Crippen LogP contribution in [0.5, 0.6) is 0 Å². The smallest absolute Gasteiger partial charge is 0.0440 e. The van der Waals surface area contributed by atoms with Gasteiger partial charge in [-0.25, -0.2) is 0 Å². The van der Waals surface area contributed by atoms with Gasteiger partial charge in [0.25, 0.3) is 0 Å². The molecule has 2 heteroatoms. The predicted molar refractivity (Wildman–Crippen MR) is 80.2 cm³/mol. The molecule has 0 radical (unpaired) electrons. The third kappa shape index (κ3) is 2.48. The normalized spacial score (nSPS) is 10.3. The monoisotopic (exact) mass is 240 g/mol. The SMILES string of the molecule is C=CNCCc1cccc2c(N(C)C)cccc12. The molecule has 0 aliphatic heterocycles. The molecule has 0 heterocycles. The number of anilines is 1. The number of benzene rings is 2. The molecule has 0 saturated carbocycles. The minimum absolute atomic E-state index is 0.925. The molecule has 0 spiro atoms. The standard InChI is InChI=1S/C16H20N2/c1-4-17-12-11-13-7-5-9-15-14(13)8-6-10-16(15)18(2)3/h4-10,17H,1,11-12H2,2-3H3. The summed E-state index contributed by atoms with van der Waals surface area (Å²) >= 11 is 0. The summed E-state index contributed by atoms with van der Waals surface area (Å²) in [7, 11) is 4.17. The lowest BCUT2D eigenvalue weighted by molar-refractivity contribution is 0.838. The first-order valence-electron chi connectivity index (χ1n) is 6.26. The van der Waals surface area contributed by atoms with Crippen molar-refractivity contribution >= 4 is 16.5 Å². The highest BCUT2D eigenvalue weighted by Gasteiger charge is 2.05. The van der Waals surface area contributed by atoms with Crippen LogP contribution in [0.4, 0.5) is 5.69 Å². The molecule has 0 aromatic heterocycles. The summed E-state index contributed by atoms with van der Waals surface area (Å²) in [5, 5.41) is 5.81. The zero-order valence-electron chi connectivity index (χ0n) is 11.1. The van der Waals surface area contributed by atoms with Gasteiger partial charge >= 0.3 is 0 Å². The van der Waals surface area contributed by atoms with E-state index in [1.54, 1.807) is 6.20 Å². The van der Waals surface area contributed by atoms with Gasteiger partial charge in [-0.1, -0.05) is 36.9 Å². The van der Waals surface area contributed by atoms with E-state index in [0.29, 0.717) is 0 Å². The number of nitrogens with one attached hydrogen (secondary N) is 1. The van der Waals surface area contributed by atoms with Gasteiger partial charge in [0, 0.05) is 31.7 Å². The summed E-state index contributed by atoms with van der Waals surface area (Å²) in [5.41, 5.74) is 2.65. The molecule has 0 aliphatic carbocycles. The molecule has 0 atom stereocenters. The average molecular weight is 240 g/mol. The van der Waals surface area contributed by atoms with Crippen LogP contribution in [0.15, 0.2) is 49.2 Å². The molecular weight excluding hydrogens is 220 g/mol. The number of rotatable bonds is 5. The highest BCUT2D eigenvalue weighted by molar-refractivity contribution is 5.96. The molecule has 2 rings (SSSR count). The maximum Gasteiger partial charge on any atom is 0.0440 e. The lowest BCUT2D eigenvalue weighted by Crippen LogP contribution is -2.10. The Morgan fingerprint density at radius 3 is 2.56 bits per heavy atom. The maximum atomic E-state index is 3.67. The van der Waals surface area contributed by atoms with Gasteiger partial charge < -0.3 is 10.2 Å². The van der Waals surface area contributed by atoms with Crippen LogP contribution >= 0.6 is 0 Å². The van der Waals surface area contributed by atoms with Crippen molar-refractivity contribution in [2.75, 3.05) is 25.5 Å². The van der Waals surface area contributed by atoms with Crippen LogP contribution in [0.25, 0.3) is 10.8 Å². The Morgan fingerprint density at radius 1 is 1.11 bits per heavy atom. The molecule has 0 amide bonds. The van der Waals surface area contributed by atoms with Crippen molar-refractivity contribution in [1.29, 1.82) is 0 Å². The fraction of sp³-hybridized carbons (Fsp3) is 0.250.